The third kappa shape index (κ3) is 3.50. The van der Waals surface area contributed by atoms with E-state index in [2.05, 4.69) is 9.97 Å². The first-order valence-electron chi connectivity index (χ1n) is 7.58. The number of alkyl halides is 2. The highest BCUT2D eigenvalue weighted by Crippen LogP contribution is 2.29. The molecule has 1 amide bonds. The predicted octanol–water partition coefficient (Wildman–Crippen LogP) is 3.60. The summed E-state index contributed by atoms with van der Waals surface area (Å²) in [5.41, 5.74) is 1.54. The zero-order chi connectivity index (χ0) is 17.3. The van der Waals surface area contributed by atoms with Crippen LogP contribution >= 0.6 is 0 Å². The Bertz CT molecular complexity index is 761. The van der Waals surface area contributed by atoms with E-state index in [0.29, 0.717) is 23.5 Å². The Balaban J connectivity index is 1.84. The molecule has 0 N–H and O–H groups in total. The number of hydrogen-bond acceptors (Lipinski definition) is 4. The second-order valence-corrected chi connectivity index (χ2v) is 5.94. The molecule has 3 rings (SSSR count). The van der Waals surface area contributed by atoms with Crippen molar-refractivity contribution in [1.82, 2.24) is 14.9 Å². The summed E-state index contributed by atoms with van der Waals surface area (Å²) < 4.78 is 32.0. The number of amides is 1. The minimum atomic E-state index is -2.92. The smallest absolute Gasteiger partial charge is 0.410 e. The lowest BCUT2D eigenvalue weighted by Gasteiger charge is -2.13. The molecule has 0 aliphatic carbocycles. The lowest BCUT2D eigenvalue weighted by Crippen LogP contribution is -2.24. The van der Waals surface area contributed by atoms with Gasteiger partial charge in [0.2, 0.25) is 0 Å². The van der Waals surface area contributed by atoms with Gasteiger partial charge in [0, 0.05) is 18.1 Å². The normalized spacial score (nSPS) is 17.9. The molecule has 1 fully saturated rings. The molecule has 0 radical (unpaired) electrons. The number of aromatic nitrogens is 2. The predicted molar refractivity (Wildman–Crippen MR) is 83.4 cm³/mol. The molecule has 1 atom stereocenters. The number of hydrogen-bond donors (Lipinski definition) is 0. The largest absolute Gasteiger partial charge is 0.444 e. The van der Waals surface area contributed by atoms with Crippen molar-refractivity contribution in [3.63, 3.8) is 0 Å². The van der Waals surface area contributed by atoms with E-state index in [-0.39, 0.29) is 24.3 Å². The standard InChI is InChI=1S/C17H17F2N3O2/c1-11-9-22(16(23)24-11)10-14-7-20-8-15(21-14)12-4-3-5-13(6-12)17(2,18)19/h3-8,11H,9-10H2,1-2H3/t11-/m1/s1. The molecule has 5 nitrogen and oxygen atoms in total. The number of carbonyl (C=O) groups is 1. The first kappa shape index (κ1) is 16.3. The fourth-order valence-electron chi connectivity index (χ4n) is 2.57. The van der Waals surface area contributed by atoms with Crippen molar-refractivity contribution in [2.75, 3.05) is 6.54 Å². The highest BCUT2D eigenvalue weighted by Gasteiger charge is 2.28. The Labute approximate surface area is 138 Å². The van der Waals surface area contributed by atoms with Crippen LogP contribution in [0.1, 0.15) is 25.1 Å². The molecule has 2 heterocycles. The number of nitrogens with zero attached hydrogens (tertiary/aromatic N) is 3. The number of carbonyl (C=O) groups excluding carboxylic acids is 1. The molecule has 2 aromatic rings. The van der Waals surface area contributed by atoms with Crippen molar-refractivity contribution < 1.29 is 18.3 Å². The molecule has 1 aliphatic rings. The molecule has 126 valence electrons. The Morgan fingerprint density at radius 3 is 2.83 bits per heavy atom. The van der Waals surface area contributed by atoms with Crippen LogP contribution in [0.3, 0.4) is 0 Å². The van der Waals surface area contributed by atoms with Gasteiger partial charge in [-0.1, -0.05) is 18.2 Å². The molecule has 0 unspecified atom stereocenters. The quantitative estimate of drug-likeness (QED) is 0.858. The van der Waals surface area contributed by atoms with Crippen LogP contribution in [0.5, 0.6) is 0 Å². The van der Waals surface area contributed by atoms with Gasteiger partial charge in [-0.15, -0.1) is 0 Å². The summed E-state index contributed by atoms with van der Waals surface area (Å²) in [5, 5.41) is 0. The van der Waals surface area contributed by atoms with Crippen LogP contribution in [-0.2, 0) is 17.2 Å². The van der Waals surface area contributed by atoms with E-state index in [1.54, 1.807) is 18.3 Å². The summed E-state index contributed by atoms with van der Waals surface area (Å²) in [6.45, 7) is 3.43. The number of cyclic esters (lactones) is 1. The van der Waals surface area contributed by atoms with Gasteiger partial charge in [-0.2, -0.15) is 0 Å². The molecular weight excluding hydrogens is 316 g/mol. The van der Waals surface area contributed by atoms with Gasteiger partial charge in [-0.3, -0.25) is 9.88 Å². The van der Waals surface area contributed by atoms with Gasteiger partial charge in [0.15, 0.2) is 0 Å². The third-order valence-corrected chi connectivity index (χ3v) is 3.74. The highest BCUT2D eigenvalue weighted by atomic mass is 19.3. The second kappa shape index (κ2) is 6.14. The van der Waals surface area contributed by atoms with Crippen molar-refractivity contribution in [2.45, 2.75) is 32.4 Å². The zero-order valence-corrected chi connectivity index (χ0v) is 13.4. The van der Waals surface area contributed by atoms with Crippen LogP contribution in [-0.4, -0.2) is 33.6 Å². The van der Waals surface area contributed by atoms with Crippen molar-refractivity contribution in [2.24, 2.45) is 0 Å². The topological polar surface area (TPSA) is 55.3 Å². The Morgan fingerprint density at radius 1 is 1.38 bits per heavy atom. The molecule has 24 heavy (non-hydrogen) atoms. The lowest BCUT2D eigenvalue weighted by molar-refractivity contribution is 0.0175. The first-order valence-corrected chi connectivity index (χ1v) is 7.58. The minimum absolute atomic E-state index is 0.0795. The van der Waals surface area contributed by atoms with E-state index in [4.69, 9.17) is 4.74 Å². The summed E-state index contributed by atoms with van der Waals surface area (Å²) in [6, 6.07) is 6.05. The zero-order valence-electron chi connectivity index (χ0n) is 13.4. The maximum Gasteiger partial charge on any atom is 0.410 e. The van der Waals surface area contributed by atoms with Gasteiger partial charge in [-0.05, 0) is 13.0 Å². The summed E-state index contributed by atoms with van der Waals surface area (Å²) in [5.74, 6) is -2.92. The van der Waals surface area contributed by atoms with Crippen molar-refractivity contribution in [3.8, 4) is 11.3 Å². The fraction of sp³-hybridized carbons (Fsp3) is 0.353. The Hall–Kier alpha value is -2.57. The van der Waals surface area contributed by atoms with Crippen molar-refractivity contribution >= 4 is 6.09 Å². The van der Waals surface area contributed by atoms with Gasteiger partial charge < -0.3 is 4.74 Å². The SMILES string of the molecule is C[C@@H]1CN(Cc2cncc(-c3cccc(C(C)(F)F)c3)n2)C(=O)O1. The van der Waals surface area contributed by atoms with Gasteiger partial charge in [0.25, 0.3) is 5.92 Å². The fourth-order valence-corrected chi connectivity index (χ4v) is 2.57. The Morgan fingerprint density at radius 2 is 2.17 bits per heavy atom. The number of halogens is 2. The molecule has 1 aliphatic heterocycles. The van der Waals surface area contributed by atoms with Crippen LogP contribution < -0.4 is 0 Å². The van der Waals surface area contributed by atoms with E-state index >= 15 is 0 Å². The van der Waals surface area contributed by atoms with E-state index in [9.17, 15) is 13.6 Å². The molecule has 1 saturated heterocycles. The number of ether oxygens (including phenoxy) is 1. The molecule has 1 aromatic carbocycles. The van der Waals surface area contributed by atoms with Gasteiger partial charge in [-0.25, -0.2) is 18.6 Å². The highest BCUT2D eigenvalue weighted by molar-refractivity contribution is 5.69. The molecular formula is C17H17F2N3O2. The summed E-state index contributed by atoms with van der Waals surface area (Å²) in [6.07, 6.45) is 2.53. The number of benzene rings is 1. The summed E-state index contributed by atoms with van der Waals surface area (Å²) >= 11 is 0. The van der Waals surface area contributed by atoms with Gasteiger partial charge in [0.05, 0.1) is 36.9 Å². The molecule has 0 spiro atoms. The van der Waals surface area contributed by atoms with Crippen LogP contribution in [0, 0.1) is 0 Å². The van der Waals surface area contributed by atoms with Gasteiger partial charge >= 0.3 is 6.09 Å². The number of rotatable bonds is 4. The minimum Gasteiger partial charge on any atom is -0.444 e. The molecule has 1 aromatic heterocycles. The molecule has 7 heteroatoms. The van der Waals surface area contributed by atoms with Crippen LogP contribution in [0.15, 0.2) is 36.7 Å². The van der Waals surface area contributed by atoms with E-state index in [0.717, 1.165) is 6.92 Å². The maximum absolute atomic E-state index is 13.5. The molecule has 0 saturated carbocycles. The molecule has 0 bridgehead atoms. The van der Waals surface area contributed by atoms with E-state index < -0.39 is 5.92 Å². The monoisotopic (exact) mass is 333 g/mol. The third-order valence-electron chi connectivity index (χ3n) is 3.74. The second-order valence-electron chi connectivity index (χ2n) is 5.94. The van der Waals surface area contributed by atoms with Crippen molar-refractivity contribution in [1.29, 1.82) is 0 Å². The lowest BCUT2D eigenvalue weighted by atomic mass is 10.0. The van der Waals surface area contributed by atoms with Crippen LogP contribution in [0.2, 0.25) is 0 Å². The maximum atomic E-state index is 13.5. The first-order chi connectivity index (χ1) is 11.3. The Kier molecular flexibility index (Phi) is 4.17. The van der Waals surface area contributed by atoms with Crippen molar-refractivity contribution in [3.05, 3.63) is 47.9 Å². The summed E-state index contributed by atoms with van der Waals surface area (Å²) in [7, 11) is 0. The average Bonchev–Trinajstić information content (AvgIpc) is 2.84. The van der Waals surface area contributed by atoms with Crippen LogP contribution in [0.4, 0.5) is 13.6 Å². The summed E-state index contributed by atoms with van der Waals surface area (Å²) in [4.78, 5) is 21.8. The van der Waals surface area contributed by atoms with Crippen LogP contribution in [0.25, 0.3) is 11.3 Å². The van der Waals surface area contributed by atoms with Gasteiger partial charge in [0.1, 0.15) is 6.10 Å². The van der Waals surface area contributed by atoms with E-state index in [1.165, 1.54) is 23.2 Å². The average molecular weight is 333 g/mol. The van der Waals surface area contributed by atoms with E-state index in [1.807, 2.05) is 6.92 Å².